The summed E-state index contributed by atoms with van der Waals surface area (Å²) in [7, 11) is 1.82. The molecule has 106 valence electrons. The number of nitrogens with zero attached hydrogens (tertiary/aromatic N) is 3. The lowest BCUT2D eigenvalue weighted by Crippen LogP contribution is -2.41. The van der Waals surface area contributed by atoms with Crippen LogP contribution in [0.15, 0.2) is 12.4 Å². The molecule has 1 atom stereocenters. The van der Waals surface area contributed by atoms with E-state index in [1.165, 1.54) is 0 Å². The van der Waals surface area contributed by atoms with E-state index in [0.29, 0.717) is 18.3 Å². The number of imidazole rings is 1. The first-order valence-electron chi connectivity index (χ1n) is 6.72. The standard InChI is InChI=1S/C13H22N4O2/c1-11(10-17-5-7-19-8-6-17)9-15-13(18)12-14-3-4-16(12)2/h3-4,11H,5-10H2,1-2H3,(H,15,18). The van der Waals surface area contributed by atoms with Gasteiger partial charge in [0.25, 0.3) is 5.91 Å². The van der Waals surface area contributed by atoms with Crippen molar-refractivity contribution < 1.29 is 9.53 Å². The molecule has 6 heteroatoms. The highest BCUT2D eigenvalue weighted by molar-refractivity contribution is 5.90. The molecule has 1 aliphatic rings. The van der Waals surface area contributed by atoms with E-state index in [1.54, 1.807) is 17.0 Å². The minimum atomic E-state index is -0.110. The zero-order valence-corrected chi connectivity index (χ0v) is 11.6. The van der Waals surface area contributed by atoms with Gasteiger partial charge in [-0.3, -0.25) is 9.69 Å². The van der Waals surface area contributed by atoms with Crippen molar-refractivity contribution in [2.24, 2.45) is 13.0 Å². The maximum absolute atomic E-state index is 11.9. The van der Waals surface area contributed by atoms with Gasteiger partial charge in [-0.1, -0.05) is 6.92 Å². The Morgan fingerprint density at radius 3 is 2.89 bits per heavy atom. The fourth-order valence-electron chi connectivity index (χ4n) is 2.22. The Balaban J connectivity index is 1.72. The smallest absolute Gasteiger partial charge is 0.287 e. The lowest BCUT2D eigenvalue weighted by atomic mass is 10.1. The number of aromatic nitrogens is 2. The number of nitrogens with one attached hydrogen (secondary N) is 1. The minimum absolute atomic E-state index is 0.110. The van der Waals surface area contributed by atoms with Crippen molar-refractivity contribution in [2.75, 3.05) is 39.4 Å². The fraction of sp³-hybridized carbons (Fsp3) is 0.692. The first-order valence-corrected chi connectivity index (χ1v) is 6.72. The van der Waals surface area contributed by atoms with Crippen molar-refractivity contribution >= 4 is 5.91 Å². The molecule has 1 aliphatic heterocycles. The summed E-state index contributed by atoms with van der Waals surface area (Å²) in [6, 6.07) is 0. The minimum Gasteiger partial charge on any atom is -0.379 e. The normalized spacial score (nSPS) is 18.2. The van der Waals surface area contributed by atoms with Crippen LogP contribution in [0.25, 0.3) is 0 Å². The number of aryl methyl sites for hydroxylation is 1. The summed E-state index contributed by atoms with van der Waals surface area (Å²) in [5.41, 5.74) is 0. The molecule has 1 N–H and O–H groups in total. The van der Waals surface area contributed by atoms with Crippen molar-refractivity contribution in [1.82, 2.24) is 19.8 Å². The van der Waals surface area contributed by atoms with Crippen LogP contribution < -0.4 is 5.32 Å². The van der Waals surface area contributed by atoms with Crippen molar-refractivity contribution in [3.63, 3.8) is 0 Å². The molecule has 6 nitrogen and oxygen atoms in total. The van der Waals surface area contributed by atoms with Gasteiger partial charge in [-0.25, -0.2) is 4.98 Å². The number of amides is 1. The molecule has 0 aromatic carbocycles. The van der Waals surface area contributed by atoms with Crippen LogP contribution >= 0.6 is 0 Å². The third kappa shape index (κ3) is 4.04. The highest BCUT2D eigenvalue weighted by atomic mass is 16.5. The third-order valence-electron chi connectivity index (χ3n) is 3.31. The number of morpholine rings is 1. The summed E-state index contributed by atoms with van der Waals surface area (Å²) in [5.74, 6) is 0.766. The van der Waals surface area contributed by atoms with E-state index in [9.17, 15) is 4.79 Å². The van der Waals surface area contributed by atoms with Gasteiger partial charge in [-0.05, 0) is 5.92 Å². The largest absolute Gasteiger partial charge is 0.379 e. The van der Waals surface area contributed by atoms with Crippen molar-refractivity contribution in [2.45, 2.75) is 6.92 Å². The van der Waals surface area contributed by atoms with Crippen LogP contribution in [0.1, 0.15) is 17.5 Å². The molecule has 1 saturated heterocycles. The summed E-state index contributed by atoms with van der Waals surface area (Å²) in [6.45, 7) is 7.40. The van der Waals surface area contributed by atoms with Gasteiger partial charge in [0.2, 0.25) is 0 Å². The fourth-order valence-corrected chi connectivity index (χ4v) is 2.22. The second-order valence-corrected chi connectivity index (χ2v) is 5.09. The number of hydrogen-bond acceptors (Lipinski definition) is 4. The van der Waals surface area contributed by atoms with Gasteiger partial charge in [0.05, 0.1) is 13.2 Å². The maximum atomic E-state index is 11.9. The highest BCUT2D eigenvalue weighted by Gasteiger charge is 2.15. The molecule has 2 rings (SSSR count). The average molecular weight is 266 g/mol. The van der Waals surface area contributed by atoms with E-state index < -0.39 is 0 Å². The Morgan fingerprint density at radius 1 is 1.53 bits per heavy atom. The zero-order chi connectivity index (χ0) is 13.7. The Labute approximate surface area is 113 Å². The summed E-state index contributed by atoms with van der Waals surface area (Å²) in [4.78, 5) is 18.3. The molecule has 1 aromatic heterocycles. The molecule has 1 unspecified atom stereocenters. The number of carbonyl (C=O) groups is 1. The number of hydrogen-bond donors (Lipinski definition) is 1. The molecule has 0 radical (unpaired) electrons. The Kier molecular flexibility index (Phi) is 4.93. The van der Waals surface area contributed by atoms with E-state index in [4.69, 9.17) is 4.74 Å². The topological polar surface area (TPSA) is 59.4 Å². The van der Waals surface area contributed by atoms with E-state index in [2.05, 4.69) is 22.1 Å². The number of ether oxygens (including phenoxy) is 1. The Hall–Kier alpha value is -1.40. The molecule has 0 bridgehead atoms. The van der Waals surface area contributed by atoms with Gasteiger partial charge in [0.15, 0.2) is 5.82 Å². The van der Waals surface area contributed by atoms with Crippen molar-refractivity contribution in [3.05, 3.63) is 18.2 Å². The van der Waals surface area contributed by atoms with Crippen LogP contribution in [0, 0.1) is 5.92 Å². The Morgan fingerprint density at radius 2 is 2.26 bits per heavy atom. The van der Waals surface area contributed by atoms with Gasteiger partial charge in [-0.15, -0.1) is 0 Å². The third-order valence-corrected chi connectivity index (χ3v) is 3.31. The van der Waals surface area contributed by atoms with Crippen LogP contribution in [-0.2, 0) is 11.8 Å². The molecule has 1 aromatic rings. The second kappa shape index (κ2) is 6.68. The molecule has 19 heavy (non-hydrogen) atoms. The molecule has 0 spiro atoms. The van der Waals surface area contributed by atoms with Crippen LogP contribution in [0.5, 0.6) is 0 Å². The van der Waals surface area contributed by atoms with Gasteiger partial charge in [0.1, 0.15) is 0 Å². The van der Waals surface area contributed by atoms with Gasteiger partial charge >= 0.3 is 0 Å². The SMILES string of the molecule is CC(CNC(=O)c1nccn1C)CN1CCOCC1. The molecule has 1 fully saturated rings. The lowest BCUT2D eigenvalue weighted by Gasteiger charge is -2.29. The van der Waals surface area contributed by atoms with Crippen LogP contribution in [0.2, 0.25) is 0 Å². The second-order valence-electron chi connectivity index (χ2n) is 5.09. The summed E-state index contributed by atoms with van der Waals surface area (Å²) >= 11 is 0. The maximum Gasteiger partial charge on any atom is 0.287 e. The van der Waals surface area contributed by atoms with Gasteiger partial charge < -0.3 is 14.6 Å². The van der Waals surface area contributed by atoms with Crippen LogP contribution in [-0.4, -0.2) is 59.8 Å². The first kappa shape index (κ1) is 14.0. The molecule has 1 amide bonds. The van der Waals surface area contributed by atoms with Crippen molar-refractivity contribution in [3.8, 4) is 0 Å². The summed E-state index contributed by atoms with van der Waals surface area (Å²) in [6.07, 6.45) is 3.40. The summed E-state index contributed by atoms with van der Waals surface area (Å²) < 4.78 is 7.04. The number of carbonyl (C=O) groups excluding carboxylic acids is 1. The predicted molar refractivity (Wildman–Crippen MR) is 72.0 cm³/mol. The van der Waals surface area contributed by atoms with Gasteiger partial charge in [-0.2, -0.15) is 0 Å². The highest BCUT2D eigenvalue weighted by Crippen LogP contribution is 2.03. The average Bonchev–Trinajstić information content (AvgIpc) is 2.83. The quantitative estimate of drug-likeness (QED) is 0.822. The molecular weight excluding hydrogens is 244 g/mol. The molecular formula is C13H22N4O2. The molecule has 0 saturated carbocycles. The zero-order valence-electron chi connectivity index (χ0n) is 11.6. The van der Waals surface area contributed by atoms with Crippen LogP contribution in [0.4, 0.5) is 0 Å². The van der Waals surface area contributed by atoms with E-state index in [0.717, 1.165) is 32.8 Å². The molecule has 0 aliphatic carbocycles. The Bertz CT molecular complexity index is 413. The summed E-state index contributed by atoms with van der Waals surface area (Å²) in [5, 5.41) is 2.94. The first-order chi connectivity index (χ1) is 9.16. The monoisotopic (exact) mass is 266 g/mol. The van der Waals surface area contributed by atoms with E-state index in [1.807, 2.05) is 7.05 Å². The molecule has 2 heterocycles. The van der Waals surface area contributed by atoms with E-state index >= 15 is 0 Å². The van der Waals surface area contributed by atoms with Crippen molar-refractivity contribution in [1.29, 1.82) is 0 Å². The van der Waals surface area contributed by atoms with Crippen LogP contribution in [0.3, 0.4) is 0 Å². The van der Waals surface area contributed by atoms with Gasteiger partial charge in [0, 0.05) is 45.6 Å². The van der Waals surface area contributed by atoms with E-state index in [-0.39, 0.29) is 5.91 Å². The lowest BCUT2D eigenvalue weighted by molar-refractivity contribution is 0.0317. The predicted octanol–water partition coefficient (Wildman–Crippen LogP) is 0.118. The number of rotatable bonds is 5.